The smallest absolute Gasteiger partial charge is 0.176 e. The lowest BCUT2D eigenvalue weighted by molar-refractivity contribution is -0.200. The van der Waals surface area contributed by atoms with Crippen molar-refractivity contribution in [3.05, 3.63) is 4.91 Å². The van der Waals surface area contributed by atoms with Crippen LogP contribution in [-0.4, -0.2) is 17.6 Å². The molecule has 1 saturated heterocycles. The van der Waals surface area contributed by atoms with Crippen molar-refractivity contribution in [3.63, 3.8) is 0 Å². The summed E-state index contributed by atoms with van der Waals surface area (Å²) in [6.45, 7) is 2.93. The molecule has 0 saturated carbocycles. The SMILES string of the molecule is CCC1CCCCN1ON=O. The molecule has 4 heteroatoms. The zero-order valence-corrected chi connectivity index (χ0v) is 6.82. The van der Waals surface area contributed by atoms with E-state index < -0.39 is 0 Å². The van der Waals surface area contributed by atoms with Gasteiger partial charge in [0.25, 0.3) is 0 Å². The van der Waals surface area contributed by atoms with Crippen LogP contribution in [0.2, 0.25) is 0 Å². The lowest BCUT2D eigenvalue weighted by Crippen LogP contribution is -2.37. The quantitative estimate of drug-likeness (QED) is 0.465. The minimum Gasteiger partial charge on any atom is -0.260 e. The maximum Gasteiger partial charge on any atom is 0.176 e. The predicted octanol–water partition coefficient (Wildman–Crippen LogP) is 1.86. The summed E-state index contributed by atoms with van der Waals surface area (Å²) in [5.74, 6) is 0. The molecule has 64 valence electrons. The zero-order chi connectivity index (χ0) is 8.10. The third-order valence-electron chi connectivity index (χ3n) is 2.18. The van der Waals surface area contributed by atoms with Crippen molar-refractivity contribution in [2.24, 2.45) is 5.34 Å². The van der Waals surface area contributed by atoms with E-state index in [-0.39, 0.29) is 0 Å². The molecular formula is C7H14N2O2. The molecule has 1 unspecified atom stereocenters. The van der Waals surface area contributed by atoms with Gasteiger partial charge in [-0.3, -0.25) is 4.94 Å². The van der Waals surface area contributed by atoms with Gasteiger partial charge in [0.1, 0.15) is 0 Å². The van der Waals surface area contributed by atoms with E-state index in [4.69, 9.17) is 0 Å². The van der Waals surface area contributed by atoms with Crippen LogP contribution in [0.3, 0.4) is 0 Å². The average Bonchev–Trinajstić information content (AvgIpc) is 2.06. The Bertz CT molecular complexity index is 130. The van der Waals surface area contributed by atoms with E-state index in [1.54, 1.807) is 5.06 Å². The summed E-state index contributed by atoms with van der Waals surface area (Å²) < 4.78 is 0. The topological polar surface area (TPSA) is 41.9 Å². The van der Waals surface area contributed by atoms with Crippen LogP contribution in [0, 0.1) is 4.91 Å². The normalized spacial score (nSPS) is 26.5. The number of hydrogen-bond donors (Lipinski definition) is 0. The molecule has 1 aliphatic heterocycles. The van der Waals surface area contributed by atoms with Crippen LogP contribution in [0.4, 0.5) is 0 Å². The molecule has 0 N–H and O–H groups in total. The van der Waals surface area contributed by atoms with E-state index >= 15 is 0 Å². The van der Waals surface area contributed by atoms with E-state index in [9.17, 15) is 4.91 Å². The molecule has 1 aliphatic rings. The van der Waals surface area contributed by atoms with Gasteiger partial charge >= 0.3 is 0 Å². The highest BCUT2D eigenvalue weighted by Crippen LogP contribution is 2.19. The molecule has 0 bridgehead atoms. The van der Waals surface area contributed by atoms with Crippen LogP contribution in [0.15, 0.2) is 5.34 Å². The van der Waals surface area contributed by atoms with Gasteiger partial charge in [-0.25, -0.2) is 0 Å². The van der Waals surface area contributed by atoms with Crippen molar-refractivity contribution < 1.29 is 4.94 Å². The third-order valence-corrected chi connectivity index (χ3v) is 2.18. The molecule has 0 spiro atoms. The first kappa shape index (κ1) is 8.46. The summed E-state index contributed by atoms with van der Waals surface area (Å²) in [5, 5.41) is 4.12. The van der Waals surface area contributed by atoms with Crippen molar-refractivity contribution in [1.29, 1.82) is 0 Å². The van der Waals surface area contributed by atoms with Gasteiger partial charge in [0.15, 0.2) is 5.34 Å². The molecular weight excluding hydrogens is 144 g/mol. The Labute approximate surface area is 66.4 Å². The lowest BCUT2D eigenvalue weighted by Gasteiger charge is -2.29. The molecule has 0 radical (unpaired) electrons. The van der Waals surface area contributed by atoms with Crippen LogP contribution in [0.1, 0.15) is 32.6 Å². The molecule has 1 rings (SSSR count). The standard InChI is InChI=1S/C7H14N2O2/c1-2-7-5-3-4-6-9(7)11-8-10/h7H,2-6H2,1H3. The summed E-state index contributed by atoms with van der Waals surface area (Å²) in [5.41, 5.74) is 0. The summed E-state index contributed by atoms with van der Waals surface area (Å²) >= 11 is 0. The maximum absolute atomic E-state index is 9.82. The van der Waals surface area contributed by atoms with Gasteiger partial charge in [-0.2, -0.15) is 0 Å². The van der Waals surface area contributed by atoms with Crippen LogP contribution < -0.4 is 0 Å². The molecule has 11 heavy (non-hydrogen) atoms. The van der Waals surface area contributed by atoms with Crippen molar-refractivity contribution in [1.82, 2.24) is 5.06 Å². The summed E-state index contributed by atoms with van der Waals surface area (Å²) in [6.07, 6.45) is 4.48. The van der Waals surface area contributed by atoms with Crippen LogP contribution in [0.5, 0.6) is 0 Å². The molecule has 0 aromatic heterocycles. The van der Waals surface area contributed by atoms with E-state index in [1.807, 2.05) is 0 Å². The van der Waals surface area contributed by atoms with Crippen molar-refractivity contribution >= 4 is 0 Å². The number of hydroxylamine groups is 2. The first-order chi connectivity index (χ1) is 5.38. The van der Waals surface area contributed by atoms with E-state index in [2.05, 4.69) is 17.2 Å². The first-order valence-corrected chi connectivity index (χ1v) is 4.15. The largest absolute Gasteiger partial charge is 0.260 e. The Morgan fingerprint density at radius 1 is 1.64 bits per heavy atom. The van der Waals surface area contributed by atoms with Crippen LogP contribution in [0.25, 0.3) is 0 Å². The van der Waals surface area contributed by atoms with E-state index in [0.717, 1.165) is 25.8 Å². The van der Waals surface area contributed by atoms with E-state index in [0.29, 0.717) is 6.04 Å². The number of nitrogens with zero attached hydrogens (tertiary/aromatic N) is 2. The van der Waals surface area contributed by atoms with Crippen molar-refractivity contribution in [3.8, 4) is 0 Å². The number of rotatable bonds is 3. The highest BCUT2D eigenvalue weighted by molar-refractivity contribution is 4.69. The fraction of sp³-hybridized carbons (Fsp3) is 1.00. The fourth-order valence-corrected chi connectivity index (χ4v) is 1.53. The second kappa shape index (κ2) is 4.28. The monoisotopic (exact) mass is 158 g/mol. The van der Waals surface area contributed by atoms with Gasteiger partial charge in [-0.15, -0.1) is 9.97 Å². The highest BCUT2D eigenvalue weighted by atomic mass is 16.9. The maximum atomic E-state index is 9.82. The Kier molecular flexibility index (Phi) is 3.29. The Hall–Kier alpha value is -0.640. The molecule has 1 heterocycles. The molecule has 0 aliphatic carbocycles. The van der Waals surface area contributed by atoms with Crippen molar-refractivity contribution in [2.45, 2.75) is 38.6 Å². The fourth-order valence-electron chi connectivity index (χ4n) is 1.53. The average molecular weight is 158 g/mol. The van der Waals surface area contributed by atoms with Crippen LogP contribution in [-0.2, 0) is 4.94 Å². The first-order valence-electron chi connectivity index (χ1n) is 4.15. The summed E-state index contributed by atoms with van der Waals surface area (Å²) in [4.78, 5) is 14.4. The molecule has 0 aromatic carbocycles. The molecule has 0 aromatic rings. The third kappa shape index (κ3) is 2.15. The highest BCUT2D eigenvalue weighted by Gasteiger charge is 2.22. The second-order valence-electron chi connectivity index (χ2n) is 2.85. The minimum atomic E-state index is 0.390. The van der Waals surface area contributed by atoms with Gasteiger partial charge in [0.05, 0.1) is 0 Å². The summed E-state index contributed by atoms with van der Waals surface area (Å²) in [6, 6.07) is 0.390. The van der Waals surface area contributed by atoms with Gasteiger partial charge in [-0.05, 0) is 19.3 Å². The summed E-state index contributed by atoms with van der Waals surface area (Å²) in [7, 11) is 0. The molecule has 4 nitrogen and oxygen atoms in total. The lowest BCUT2D eigenvalue weighted by atomic mass is 10.0. The predicted molar refractivity (Wildman–Crippen MR) is 41.5 cm³/mol. The number of hydrogen-bond acceptors (Lipinski definition) is 4. The molecule has 1 fully saturated rings. The van der Waals surface area contributed by atoms with Crippen LogP contribution >= 0.6 is 0 Å². The van der Waals surface area contributed by atoms with Gasteiger partial charge < -0.3 is 0 Å². The van der Waals surface area contributed by atoms with Gasteiger partial charge in [0, 0.05) is 12.6 Å². The molecule has 1 atom stereocenters. The zero-order valence-electron chi connectivity index (χ0n) is 6.82. The molecule has 0 amide bonds. The van der Waals surface area contributed by atoms with E-state index in [1.165, 1.54) is 6.42 Å². The Morgan fingerprint density at radius 2 is 2.45 bits per heavy atom. The number of piperidine rings is 1. The Morgan fingerprint density at radius 3 is 3.09 bits per heavy atom. The minimum absolute atomic E-state index is 0.390. The second-order valence-corrected chi connectivity index (χ2v) is 2.85. The Balaban J connectivity index is 2.37. The van der Waals surface area contributed by atoms with Gasteiger partial charge in [-0.1, -0.05) is 13.3 Å². The van der Waals surface area contributed by atoms with Crippen molar-refractivity contribution in [2.75, 3.05) is 6.54 Å². The van der Waals surface area contributed by atoms with Gasteiger partial charge in [0.2, 0.25) is 0 Å².